The lowest BCUT2D eigenvalue weighted by atomic mass is 9.90. The van der Waals surface area contributed by atoms with Gasteiger partial charge in [0, 0.05) is 42.2 Å². The Hall–Kier alpha value is -3.14. The molecule has 180 valence electrons. The van der Waals surface area contributed by atoms with E-state index in [-0.39, 0.29) is 11.6 Å². The van der Waals surface area contributed by atoms with Crippen molar-refractivity contribution in [2.24, 2.45) is 0 Å². The molecule has 7 heteroatoms. The number of piperidine rings is 1. The van der Waals surface area contributed by atoms with Crippen LogP contribution in [0.3, 0.4) is 0 Å². The van der Waals surface area contributed by atoms with E-state index in [4.69, 9.17) is 5.26 Å². The van der Waals surface area contributed by atoms with Crippen LogP contribution in [0.1, 0.15) is 61.6 Å². The molecule has 2 aromatic rings. The summed E-state index contributed by atoms with van der Waals surface area (Å²) in [5.74, 6) is 0. The minimum absolute atomic E-state index is 0.101. The van der Waals surface area contributed by atoms with Gasteiger partial charge in [-0.15, -0.1) is 0 Å². The first-order chi connectivity index (χ1) is 16.3. The Kier molecular flexibility index (Phi) is 7.35. The van der Waals surface area contributed by atoms with Crippen LogP contribution in [-0.2, 0) is 6.18 Å². The molecule has 1 saturated heterocycles. The van der Waals surface area contributed by atoms with Gasteiger partial charge in [0.05, 0.1) is 17.2 Å². The third kappa shape index (κ3) is 5.85. The van der Waals surface area contributed by atoms with Crippen molar-refractivity contribution in [1.29, 1.82) is 5.26 Å². The highest BCUT2D eigenvalue weighted by molar-refractivity contribution is 5.64. The fourth-order valence-electron chi connectivity index (χ4n) is 4.94. The SMILES string of the molecule is C=C(NC1CCC(Nc2ccc(C#N)c(C(F)(F)F)c2)CC1)c1ccc(N2CCCCC2)cc1. The first-order valence-electron chi connectivity index (χ1n) is 12.0. The van der Waals surface area contributed by atoms with Crippen molar-refractivity contribution in [3.63, 3.8) is 0 Å². The lowest BCUT2D eigenvalue weighted by Gasteiger charge is -2.32. The van der Waals surface area contributed by atoms with Gasteiger partial charge in [-0.1, -0.05) is 18.7 Å². The largest absolute Gasteiger partial charge is 0.417 e. The van der Waals surface area contributed by atoms with Gasteiger partial charge in [-0.3, -0.25) is 0 Å². The number of halogens is 3. The van der Waals surface area contributed by atoms with E-state index in [9.17, 15) is 13.2 Å². The summed E-state index contributed by atoms with van der Waals surface area (Å²) in [6.07, 6.45) is 2.78. The monoisotopic (exact) mass is 468 g/mol. The highest BCUT2D eigenvalue weighted by atomic mass is 19.4. The molecule has 0 unspecified atom stereocenters. The van der Waals surface area contributed by atoms with E-state index in [0.29, 0.717) is 11.7 Å². The zero-order valence-corrected chi connectivity index (χ0v) is 19.3. The van der Waals surface area contributed by atoms with Crippen molar-refractivity contribution in [3.8, 4) is 6.07 Å². The average molecular weight is 469 g/mol. The standard InChI is InChI=1S/C27H31F3N4/c1-19(20-6-13-25(14-7-20)34-15-3-2-4-16-34)32-22-9-11-23(12-10-22)33-24-8-5-21(18-31)26(17-24)27(28,29)30/h5-8,13-14,17,22-23,32-33H,1-4,9-12,15-16H2. The molecule has 2 aromatic carbocycles. The molecule has 1 aliphatic heterocycles. The van der Waals surface area contributed by atoms with Crippen molar-refractivity contribution >= 4 is 17.1 Å². The molecule has 34 heavy (non-hydrogen) atoms. The Morgan fingerprint density at radius 3 is 2.21 bits per heavy atom. The number of hydrogen-bond acceptors (Lipinski definition) is 4. The van der Waals surface area contributed by atoms with Crippen molar-refractivity contribution in [2.75, 3.05) is 23.3 Å². The van der Waals surface area contributed by atoms with Gasteiger partial charge in [0.25, 0.3) is 0 Å². The zero-order chi connectivity index (χ0) is 24.1. The van der Waals surface area contributed by atoms with Crippen molar-refractivity contribution in [2.45, 2.75) is 63.2 Å². The molecule has 0 spiro atoms. The minimum atomic E-state index is -4.54. The minimum Gasteiger partial charge on any atom is -0.382 e. The molecule has 0 bridgehead atoms. The zero-order valence-electron chi connectivity index (χ0n) is 19.3. The maximum Gasteiger partial charge on any atom is 0.417 e. The number of nitriles is 1. The number of hydrogen-bond donors (Lipinski definition) is 2. The van der Waals surface area contributed by atoms with Crippen LogP contribution in [0, 0.1) is 11.3 Å². The Morgan fingerprint density at radius 1 is 0.941 bits per heavy atom. The van der Waals surface area contributed by atoms with Crippen molar-refractivity contribution in [1.82, 2.24) is 5.32 Å². The van der Waals surface area contributed by atoms with Gasteiger partial charge < -0.3 is 15.5 Å². The number of nitrogens with zero attached hydrogens (tertiary/aromatic N) is 2. The highest BCUT2D eigenvalue weighted by Gasteiger charge is 2.34. The van der Waals surface area contributed by atoms with Crippen LogP contribution < -0.4 is 15.5 Å². The normalized spacial score (nSPS) is 20.9. The molecule has 0 radical (unpaired) electrons. The second-order valence-corrected chi connectivity index (χ2v) is 9.28. The Labute approximate surface area is 199 Å². The fraction of sp³-hybridized carbons (Fsp3) is 0.444. The van der Waals surface area contributed by atoms with Gasteiger partial charge in [0.1, 0.15) is 0 Å². The molecule has 1 saturated carbocycles. The van der Waals surface area contributed by atoms with Crippen LogP contribution >= 0.6 is 0 Å². The fourth-order valence-corrected chi connectivity index (χ4v) is 4.94. The number of anilines is 2. The Morgan fingerprint density at radius 2 is 1.59 bits per heavy atom. The molecule has 4 nitrogen and oxygen atoms in total. The second-order valence-electron chi connectivity index (χ2n) is 9.28. The predicted octanol–water partition coefficient (Wildman–Crippen LogP) is 6.55. The maximum atomic E-state index is 13.2. The summed E-state index contributed by atoms with van der Waals surface area (Å²) in [5, 5.41) is 15.7. The van der Waals surface area contributed by atoms with Crippen molar-refractivity contribution < 1.29 is 13.2 Å². The van der Waals surface area contributed by atoms with Gasteiger partial charge >= 0.3 is 6.18 Å². The number of nitrogens with one attached hydrogen (secondary N) is 2. The first kappa shape index (κ1) is 24.0. The summed E-state index contributed by atoms with van der Waals surface area (Å²) in [6, 6.07) is 14.4. The Balaban J connectivity index is 1.28. The summed E-state index contributed by atoms with van der Waals surface area (Å²) in [6.45, 7) is 6.47. The van der Waals surface area contributed by atoms with Crippen LogP contribution in [0.4, 0.5) is 24.5 Å². The summed E-state index contributed by atoms with van der Waals surface area (Å²) in [7, 11) is 0. The van der Waals surface area contributed by atoms with E-state index in [0.717, 1.165) is 56.1 Å². The molecular formula is C27H31F3N4. The Bertz CT molecular complexity index is 1030. The van der Waals surface area contributed by atoms with Gasteiger partial charge in [-0.05, 0) is 80.8 Å². The topological polar surface area (TPSA) is 51.1 Å². The van der Waals surface area contributed by atoms with Gasteiger partial charge in [-0.25, -0.2) is 0 Å². The van der Waals surface area contributed by atoms with Crippen LogP contribution in [0.25, 0.3) is 5.70 Å². The van der Waals surface area contributed by atoms with E-state index < -0.39 is 11.7 Å². The number of alkyl halides is 3. The molecule has 1 aliphatic carbocycles. The molecule has 2 fully saturated rings. The van der Waals surface area contributed by atoms with Crippen LogP contribution in [0.5, 0.6) is 0 Å². The molecule has 2 aliphatic rings. The van der Waals surface area contributed by atoms with Gasteiger partial charge in [-0.2, -0.15) is 18.4 Å². The molecule has 2 N–H and O–H groups in total. The van der Waals surface area contributed by atoms with Crippen molar-refractivity contribution in [3.05, 3.63) is 65.7 Å². The third-order valence-electron chi connectivity index (χ3n) is 6.86. The summed E-state index contributed by atoms with van der Waals surface area (Å²) in [5.41, 5.74) is 2.41. The second kappa shape index (κ2) is 10.4. The predicted molar refractivity (Wildman–Crippen MR) is 131 cm³/mol. The average Bonchev–Trinajstić information content (AvgIpc) is 2.85. The summed E-state index contributed by atoms with van der Waals surface area (Å²) >= 11 is 0. The maximum absolute atomic E-state index is 13.2. The smallest absolute Gasteiger partial charge is 0.382 e. The van der Waals surface area contributed by atoms with E-state index in [1.54, 1.807) is 12.1 Å². The summed E-state index contributed by atoms with van der Waals surface area (Å²) < 4.78 is 39.7. The van der Waals surface area contributed by atoms with E-state index in [1.165, 1.54) is 31.0 Å². The highest BCUT2D eigenvalue weighted by Crippen LogP contribution is 2.34. The molecular weight excluding hydrogens is 437 g/mol. The van der Waals surface area contributed by atoms with Crippen LogP contribution in [-0.4, -0.2) is 25.2 Å². The lowest BCUT2D eigenvalue weighted by Crippen LogP contribution is -2.36. The number of rotatable bonds is 6. The molecule has 1 heterocycles. The molecule has 0 amide bonds. The van der Waals surface area contributed by atoms with Crippen LogP contribution in [0.2, 0.25) is 0 Å². The van der Waals surface area contributed by atoms with E-state index in [2.05, 4.69) is 46.4 Å². The molecule has 0 atom stereocenters. The lowest BCUT2D eigenvalue weighted by molar-refractivity contribution is -0.137. The van der Waals surface area contributed by atoms with E-state index >= 15 is 0 Å². The van der Waals surface area contributed by atoms with Gasteiger partial charge in [0.2, 0.25) is 0 Å². The quantitative estimate of drug-likeness (QED) is 0.505. The van der Waals surface area contributed by atoms with E-state index in [1.807, 2.05) is 0 Å². The number of benzene rings is 2. The first-order valence-corrected chi connectivity index (χ1v) is 12.0. The molecule has 4 rings (SSSR count). The van der Waals surface area contributed by atoms with Crippen LogP contribution in [0.15, 0.2) is 49.0 Å². The summed E-state index contributed by atoms with van der Waals surface area (Å²) in [4.78, 5) is 2.43. The molecule has 0 aromatic heterocycles. The third-order valence-corrected chi connectivity index (χ3v) is 6.86. The van der Waals surface area contributed by atoms with Gasteiger partial charge in [0.15, 0.2) is 0 Å².